The number of piperidine rings is 1. The van der Waals surface area contributed by atoms with E-state index in [4.69, 9.17) is 0 Å². The summed E-state index contributed by atoms with van der Waals surface area (Å²) in [5, 5.41) is 5.43. The molecule has 2 atom stereocenters. The molecule has 1 fully saturated rings. The number of pyridine rings is 1. The molecule has 4 rings (SSSR count). The SMILES string of the molecule is O=C(NCc1cccnc1)C1CC(c2ccccc2)CN(C(=O)Nc2ccc(F)cc2F)C1. The molecule has 2 unspecified atom stereocenters. The summed E-state index contributed by atoms with van der Waals surface area (Å²) in [6, 6.07) is 15.8. The second kappa shape index (κ2) is 10.2. The van der Waals surface area contributed by atoms with Crippen LogP contribution in [0.15, 0.2) is 73.1 Å². The number of amides is 3. The van der Waals surface area contributed by atoms with Gasteiger partial charge in [-0.15, -0.1) is 0 Å². The van der Waals surface area contributed by atoms with Crippen molar-refractivity contribution in [3.8, 4) is 0 Å². The number of nitrogens with one attached hydrogen (secondary N) is 2. The third kappa shape index (κ3) is 5.71. The van der Waals surface area contributed by atoms with Crippen LogP contribution in [0.2, 0.25) is 0 Å². The van der Waals surface area contributed by atoms with Crippen LogP contribution in [-0.2, 0) is 11.3 Å². The van der Waals surface area contributed by atoms with Crippen LogP contribution in [0.4, 0.5) is 19.3 Å². The molecule has 6 nitrogen and oxygen atoms in total. The zero-order valence-electron chi connectivity index (χ0n) is 17.9. The molecule has 8 heteroatoms. The number of likely N-dealkylation sites (tertiary alicyclic amines) is 1. The molecule has 0 bridgehead atoms. The lowest BCUT2D eigenvalue weighted by Gasteiger charge is -2.37. The summed E-state index contributed by atoms with van der Waals surface area (Å²) in [5.74, 6) is -2.24. The van der Waals surface area contributed by atoms with Gasteiger partial charge in [0.2, 0.25) is 5.91 Å². The topological polar surface area (TPSA) is 74.3 Å². The number of halogens is 2. The van der Waals surface area contributed by atoms with Gasteiger partial charge in [-0.25, -0.2) is 13.6 Å². The van der Waals surface area contributed by atoms with Gasteiger partial charge < -0.3 is 15.5 Å². The number of rotatable bonds is 5. The highest BCUT2D eigenvalue weighted by Gasteiger charge is 2.34. The smallest absolute Gasteiger partial charge is 0.321 e. The van der Waals surface area contributed by atoms with Gasteiger partial charge in [-0.1, -0.05) is 36.4 Å². The summed E-state index contributed by atoms with van der Waals surface area (Å²) >= 11 is 0. The molecule has 33 heavy (non-hydrogen) atoms. The molecule has 1 aliphatic rings. The number of urea groups is 1. The van der Waals surface area contributed by atoms with E-state index in [1.165, 1.54) is 11.0 Å². The van der Waals surface area contributed by atoms with E-state index in [1.807, 2.05) is 36.4 Å². The number of aromatic nitrogens is 1. The van der Waals surface area contributed by atoms with Crippen molar-refractivity contribution in [2.24, 2.45) is 5.92 Å². The predicted molar refractivity (Wildman–Crippen MR) is 120 cm³/mol. The second-order valence-corrected chi connectivity index (χ2v) is 8.08. The van der Waals surface area contributed by atoms with Crippen LogP contribution in [0.1, 0.15) is 23.5 Å². The monoisotopic (exact) mass is 450 g/mol. The van der Waals surface area contributed by atoms with Crippen molar-refractivity contribution >= 4 is 17.6 Å². The van der Waals surface area contributed by atoms with Crippen LogP contribution >= 0.6 is 0 Å². The first-order chi connectivity index (χ1) is 16.0. The van der Waals surface area contributed by atoms with E-state index in [1.54, 1.807) is 18.5 Å². The van der Waals surface area contributed by atoms with Gasteiger partial charge in [-0.2, -0.15) is 0 Å². The Labute approximate surface area is 190 Å². The Morgan fingerprint density at radius 2 is 1.85 bits per heavy atom. The Kier molecular flexibility index (Phi) is 6.92. The molecule has 170 valence electrons. The maximum atomic E-state index is 14.0. The summed E-state index contributed by atoms with van der Waals surface area (Å²) in [4.78, 5) is 31.5. The lowest BCUT2D eigenvalue weighted by molar-refractivity contribution is -0.126. The number of benzene rings is 2. The molecule has 0 saturated carbocycles. The first-order valence-electron chi connectivity index (χ1n) is 10.7. The van der Waals surface area contributed by atoms with Gasteiger partial charge in [0.15, 0.2) is 0 Å². The maximum Gasteiger partial charge on any atom is 0.321 e. The van der Waals surface area contributed by atoms with Gasteiger partial charge in [-0.05, 0) is 35.7 Å². The first-order valence-corrected chi connectivity index (χ1v) is 10.7. The highest BCUT2D eigenvalue weighted by atomic mass is 19.1. The normalized spacial score (nSPS) is 17.9. The molecule has 3 amide bonds. The molecule has 2 N–H and O–H groups in total. The highest BCUT2D eigenvalue weighted by molar-refractivity contribution is 5.90. The van der Waals surface area contributed by atoms with Crippen molar-refractivity contribution in [1.82, 2.24) is 15.2 Å². The average molecular weight is 450 g/mol. The Morgan fingerprint density at radius 1 is 1.03 bits per heavy atom. The average Bonchev–Trinajstić information content (AvgIpc) is 2.85. The molecule has 0 spiro atoms. The maximum absolute atomic E-state index is 14.0. The summed E-state index contributed by atoms with van der Waals surface area (Å²) in [6.45, 7) is 0.911. The van der Waals surface area contributed by atoms with Crippen molar-refractivity contribution in [3.63, 3.8) is 0 Å². The van der Waals surface area contributed by atoms with Crippen molar-refractivity contribution in [3.05, 3.63) is 95.8 Å². The number of anilines is 1. The van der Waals surface area contributed by atoms with Gasteiger partial charge in [0.05, 0.1) is 11.6 Å². The summed E-state index contributed by atoms with van der Waals surface area (Å²) in [6.07, 6.45) is 3.93. The zero-order chi connectivity index (χ0) is 23.2. The second-order valence-electron chi connectivity index (χ2n) is 8.08. The summed E-state index contributed by atoms with van der Waals surface area (Å²) in [5.41, 5.74) is 1.79. The molecule has 2 aromatic carbocycles. The summed E-state index contributed by atoms with van der Waals surface area (Å²) in [7, 11) is 0. The van der Waals surface area contributed by atoms with Crippen LogP contribution in [0.25, 0.3) is 0 Å². The largest absolute Gasteiger partial charge is 0.352 e. The lowest BCUT2D eigenvalue weighted by Crippen LogP contribution is -2.49. The molecule has 0 aliphatic carbocycles. The van der Waals surface area contributed by atoms with Crippen LogP contribution in [0.3, 0.4) is 0 Å². The van der Waals surface area contributed by atoms with Gasteiger partial charge in [0.25, 0.3) is 0 Å². The standard InChI is InChI=1S/C25H24F2N4O2/c26-21-8-9-23(22(27)12-21)30-25(33)31-15-19(18-6-2-1-3-7-18)11-20(16-31)24(32)29-14-17-5-4-10-28-13-17/h1-10,12-13,19-20H,11,14-16H2,(H,29,32)(H,30,33). The van der Waals surface area contributed by atoms with E-state index in [0.29, 0.717) is 25.6 Å². The van der Waals surface area contributed by atoms with Crippen molar-refractivity contribution < 1.29 is 18.4 Å². The molecule has 1 aromatic heterocycles. The molecule has 3 aromatic rings. The fourth-order valence-corrected chi connectivity index (χ4v) is 4.04. The number of nitrogens with zero attached hydrogens (tertiary/aromatic N) is 2. The lowest BCUT2D eigenvalue weighted by atomic mass is 9.84. The Balaban J connectivity index is 1.49. The van der Waals surface area contributed by atoms with Gasteiger partial charge >= 0.3 is 6.03 Å². The summed E-state index contributed by atoms with van der Waals surface area (Å²) < 4.78 is 27.2. The van der Waals surface area contributed by atoms with Crippen molar-refractivity contribution in [2.45, 2.75) is 18.9 Å². The molecular weight excluding hydrogens is 426 g/mol. The third-order valence-electron chi connectivity index (χ3n) is 5.74. The molecule has 0 radical (unpaired) electrons. The number of hydrogen-bond acceptors (Lipinski definition) is 3. The van der Waals surface area contributed by atoms with Crippen molar-refractivity contribution in [1.29, 1.82) is 0 Å². The Bertz CT molecular complexity index is 1110. The Morgan fingerprint density at radius 3 is 2.58 bits per heavy atom. The highest BCUT2D eigenvalue weighted by Crippen LogP contribution is 2.31. The molecular formula is C25H24F2N4O2. The van der Waals surface area contributed by atoms with Gasteiger partial charge in [0, 0.05) is 44.0 Å². The zero-order valence-corrected chi connectivity index (χ0v) is 17.9. The number of hydrogen-bond donors (Lipinski definition) is 2. The minimum atomic E-state index is -0.856. The minimum Gasteiger partial charge on any atom is -0.352 e. The van der Waals surface area contributed by atoms with Gasteiger partial charge in [0.1, 0.15) is 11.6 Å². The molecule has 1 aliphatic heterocycles. The van der Waals surface area contributed by atoms with E-state index in [0.717, 1.165) is 17.2 Å². The first kappa shape index (κ1) is 22.4. The van der Waals surface area contributed by atoms with E-state index < -0.39 is 23.6 Å². The number of carbonyl (C=O) groups is 2. The van der Waals surface area contributed by atoms with E-state index in [-0.39, 0.29) is 24.1 Å². The molecule has 1 saturated heterocycles. The number of carbonyl (C=O) groups excluding carboxylic acids is 2. The van der Waals surface area contributed by atoms with Crippen LogP contribution in [0, 0.1) is 17.6 Å². The fourth-order valence-electron chi connectivity index (χ4n) is 4.04. The quantitative estimate of drug-likeness (QED) is 0.608. The van der Waals surface area contributed by atoms with Crippen LogP contribution < -0.4 is 10.6 Å². The van der Waals surface area contributed by atoms with Crippen LogP contribution in [0.5, 0.6) is 0 Å². The van der Waals surface area contributed by atoms with Gasteiger partial charge in [-0.3, -0.25) is 9.78 Å². The Hall–Kier alpha value is -3.81. The van der Waals surface area contributed by atoms with E-state index in [9.17, 15) is 18.4 Å². The van der Waals surface area contributed by atoms with Crippen LogP contribution in [-0.4, -0.2) is 34.9 Å². The minimum absolute atomic E-state index is 0.0575. The molecule has 2 heterocycles. The predicted octanol–water partition coefficient (Wildman–Crippen LogP) is 4.31. The van der Waals surface area contributed by atoms with E-state index >= 15 is 0 Å². The van der Waals surface area contributed by atoms with Crippen molar-refractivity contribution in [2.75, 3.05) is 18.4 Å². The fraction of sp³-hybridized carbons (Fsp3) is 0.240. The third-order valence-corrected chi connectivity index (χ3v) is 5.74. The van der Waals surface area contributed by atoms with E-state index in [2.05, 4.69) is 15.6 Å².